The number of nitrogens with one attached hydrogen (secondary N) is 2. The fourth-order valence-electron chi connectivity index (χ4n) is 3.72. The molecule has 2 heterocycles. The largest absolute Gasteiger partial charge is 0.359 e. The zero-order chi connectivity index (χ0) is 26.7. The molecule has 4 rings (SSSR count). The molecule has 0 saturated heterocycles. The maximum Gasteiger partial charge on any atom is 0.263 e. The Morgan fingerprint density at radius 2 is 1.89 bits per heavy atom. The van der Waals surface area contributed by atoms with Gasteiger partial charge >= 0.3 is 0 Å². The summed E-state index contributed by atoms with van der Waals surface area (Å²) in [6.45, 7) is 1.97. The molecule has 0 aliphatic heterocycles. The van der Waals surface area contributed by atoms with E-state index in [1.165, 1.54) is 10.9 Å². The Hall–Kier alpha value is -3.83. The number of sulfonamides is 1. The second kappa shape index (κ2) is 10.7. The van der Waals surface area contributed by atoms with Gasteiger partial charge in [-0.05, 0) is 55.3 Å². The van der Waals surface area contributed by atoms with E-state index in [0.717, 1.165) is 18.2 Å². The van der Waals surface area contributed by atoms with Crippen molar-refractivity contribution in [2.75, 3.05) is 11.8 Å². The lowest BCUT2D eigenvalue weighted by Gasteiger charge is -2.13. The smallest absolute Gasteiger partial charge is 0.263 e. The lowest BCUT2D eigenvalue weighted by atomic mass is 10.0. The number of halogens is 2. The Labute approximate surface area is 217 Å². The van der Waals surface area contributed by atoms with Crippen molar-refractivity contribution in [2.45, 2.75) is 31.2 Å². The topological polar surface area (TPSA) is 123 Å². The van der Waals surface area contributed by atoms with Gasteiger partial charge in [0.15, 0.2) is 0 Å². The number of hydrogen-bond donors (Lipinski definition) is 2. The number of benzene rings is 2. The highest BCUT2D eigenvalue weighted by Gasteiger charge is 2.20. The number of amides is 1. The van der Waals surface area contributed by atoms with Gasteiger partial charge in [-0.15, -0.1) is 0 Å². The van der Waals surface area contributed by atoms with Gasteiger partial charge in [-0.1, -0.05) is 17.7 Å². The number of anilines is 1. The van der Waals surface area contributed by atoms with Crippen LogP contribution in [0.2, 0.25) is 5.02 Å². The Bertz CT molecular complexity index is 1670. The van der Waals surface area contributed by atoms with E-state index < -0.39 is 15.8 Å². The van der Waals surface area contributed by atoms with Crippen molar-refractivity contribution in [3.63, 3.8) is 0 Å². The standard InChI is InChI=1S/C25H23ClFN5O4S/c1-15-22(31-37(35,36)23-8-6-18(27)12-20(23)26)11-17(13-29-15)16-5-7-21-19(10-16)25(34)32(14-30-21)9-3-4-24(33)28-2/h5-8,10-14,31H,3-4,9H2,1-2H3,(H,28,33). The molecular formula is C25H23ClFN5O4S. The molecule has 0 bridgehead atoms. The van der Waals surface area contributed by atoms with Crippen molar-refractivity contribution in [2.24, 2.45) is 0 Å². The quantitative estimate of drug-likeness (QED) is 0.347. The van der Waals surface area contributed by atoms with Crippen molar-refractivity contribution in [3.05, 3.63) is 81.9 Å². The number of aryl methyl sites for hydroxylation is 2. The zero-order valence-corrected chi connectivity index (χ0v) is 21.5. The van der Waals surface area contributed by atoms with Gasteiger partial charge in [-0.3, -0.25) is 23.9 Å². The fourth-order valence-corrected chi connectivity index (χ4v) is 5.36. The van der Waals surface area contributed by atoms with Crippen molar-refractivity contribution in [3.8, 4) is 11.1 Å². The first-order chi connectivity index (χ1) is 17.6. The summed E-state index contributed by atoms with van der Waals surface area (Å²) in [4.78, 5) is 32.9. The first kappa shape index (κ1) is 26.2. The Balaban J connectivity index is 1.66. The molecule has 0 unspecified atom stereocenters. The highest BCUT2D eigenvalue weighted by Crippen LogP contribution is 2.29. The number of rotatable bonds is 8. The van der Waals surface area contributed by atoms with Crippen molar-refractivity contribution >= 4 is 44.1 Å². The van der Waals surface area contributed by atoms with E-state index in [-0.39, 0.29) is 33.5 Å². The van der Waals surface area contributed by atoms with Crippen LogP contribution in [0.1, 0.15) is 18.5 Å². The van der Waals surface area contributed by atoms with Gasteiger partial charge in [0, 0.05) is 31.8 Å². The van der Waals surface area contributed by atoms with Gasteiger partial charge in [-0.25, -0.2) is 17.8 Å². The first-order valence-electron chi connectivity index (χ1n) is 11.2. The van der Waals surface area contributed by atoms with Crippen LogP contribution in [0.25, 0.3) is 22.0 Å². The minimum atomic E-state index is -4.13. The predicted molar refractivity (Wildman–Crippen MR) is 139 cm³/mol. The molecule has 37 heavy (non-hydrogen) atoms. The molecule has 0 radical (unpaired) electrons. The molecule has 9 nitrogen and oxygen atoms in total. The Morgan fingerprint density at radius 1 is 1.11 bits per heavy atom. The second-order valence-corrected chi connectivity index (χ2v) is 10.3. The van der Waals surface area contributed by atoms with Gasteiger partial charge < -0.3 is 5.32 Å². The number of fused-ring (bicyclic) bond motifs is 1. The Kier molecular flexibility index (Phi) is 7.55. The summed E-state index contributed by atoms with van der Waals surface area (Å²) in [5.74, 6) is -0.760. The van der Waals surface area contributed by atoms with Crippen molar-refractivity contribution in [1.29, 1.82) is 0 Å². The van der Waals surface area contributed by atoms with Crippen LogP contribution in [-0.4, -0.2) is 35.9 Å². The minimum absolute atomic E-state index is 0.107. The zero-order valence-electron chi connectivity index (χ0n) is 20.0. The van der Waals surface area contributed by atoms with Crippen LogP contribution < -0.4 is 15.6 Å². The maximum absolute atomic E-state index is 13.4. The summed E-state index contributed by atoms with van der Waals surface area (Å²) in [7, 11) is -2.57. The van der Waals surface area contributed by atoms with Gasteiger partial charge in [0.25, 0.3) is 15.6 Å². The summed E-state index contributed by atoms with van der Waals surface area (Å²) < 4.78 is 43.1. The lowest BCUT2D eigenvalue weighted by molar-refractivity contribution is -0.120. The first-order valence-corrected chi connectivity index (χ1v) is 13.1. The van der Waals surface area contributed by atoms with Crippen LogP contribution in [0.15, 0.2) is 64.7 Å². The third-order valence-corrected chi connectivity index (χ3v) is 7.60. The molecular weight excluding hydrogens is 521 g/mol. The number of hydrogen-bond acceptors (Lipinski definition) is 6. The molecule has 2 N–H and O–H groups in total. The third-order valence-electron chi connectivity index (χ3n) is 5.75. The molecule has 0 fully saturated rings. The fraction of sp³-hybridized carbons (Fsp3) is 0.200. The molecule has 0 spiro atoms. The van der Waals surface area contributed by atoms with Crippen LogP contribution in [0.3, 0.4) is 0 Å². The molecule has 4 aromatic rings. The summed E-state index contributed by atoms with van der Waals surface area (Å²) >= 11 is 5.95. The van der Waals surface area contributed by atoms with Gasteiger partial charge in [-0.2, -0.15) is 0 Å². The Morgan fingerprint density at radius 3 is 2.62 bits per heavy atom. The van der Waals surface area contributed by atoms with E-state index in [2.05, 4.69) is 20.0 Å². The van der Waals surface area contributed by atoms with Gasteiger partial charge in [0.05, 0.1) is 33.6 Å². The van der Waals surface area contributed by atoms with E-state index in [1.807, 2.05) is 0 Å². The molecule has 2 aromatic carbocycles. The highest BCUT2D eigenvalue weighted by molar-refractivity contribution is 7.92. The lowest BCUT2D eigenvalue weighted by Crippen LogP contribution is -2.22. The SMILES string of the molecule is CNC(=O)CCCn1cnc2ccc(-c3cnc(C)c(NS(=O)(=O)c4ccc(F)cc4Cl)c3)cc2c1=O. The number of aromatic nitrogens is 3. The van der Waals surface area contributed by atoms with Crippen LogP contribution >= 0.6 is 11.6 Å². The van der Waals surface area contributed by atoms with E-state index in [9.17, 15) is 22.4 Å². The summed E-state index contributed by atoms with van der Waals surface area (Å²) in [6.07, 6.45) is 3.79. The molecule has 2 aromatic heterocycles. The molecule has 0 atom stereocenters. The normalized spacial score (nSPS) is 11.5. The number of pyridine rings is 1. The van der Waals surface area contributed by atoms with Crippen molar-refractivity contribution in [1.82, 2.24) is 19.9 Å². The average Bonchev–Trinajstić information content (AvgIpc) is 2.86. The molecule has 12 heteroatoms. The minimum Gasteiger partial charge on any atom is -0.359 e. The maximum atomic E-state index is 13.4. The predicted octanol–water partition coefficient (Wildman–Crippen LogP) is 3.89. The molecule has 0 aliphatic carbocycles. The number of nitrogens with zero attached hydrogens (tertiary/aromatic N) is 3. The van der Waals surface area contributed by atoms with E-state index >= 15 is 0 Å². The molecule has 1 amide bonds. The van der Waals surface area contributed by atoms with E-state index in [0.29, 0.717) is 40.7 Å². The summed E-state index contributed by atoms with van der Waals surface area (Å²) in [5.41, 5.74) is 2.05. The van der Waals surface area contributed by atoms with Gasteiger partial charge in [0.2, 0.25) is 5.91 Å². The van der Waals surface area contributed by atoms with Crippen LogP contribution in [0.5, 0.6) is 0 Å². The van der Waals surface area contributed by atoms with Crippen molar-refractivity contribution < 1.29 is 17.6 Å². The molecule has 0 saturated carbocycles. The monoisotopic (exact) mass is 543 g/mol. The summed E-state index contributed by atoms with van der Waals surface area (Å²) in [6, 6.07) is 9.73. The van der Waals surface area contributed by atoms with Gasteiger partial charge in [0.1, 0.15) is 10.7 Å². The van der Waals surface area contributed by atoms with Crippen LogP contribution in [-0.2, 0) is 21.4 Å². The van der Waals surface area contributed by atoms with Crippen LogP contribution in [0.4, 0.5) is 10.1 Å². The molecule has 0 aliphatic rings. The molecule has 192 valence electrons. The van der Waals surface area contributed by atoms with E-state index in [1.54, 1.807) is 44.4 Å². The highest BCUT2D eigenvalue weighted by atomic mass is 35.5. The number of carbonyl (C=O) groups is 1. The average molecular weight is 544 g/mol. The van der Waals surface area contributed by atoms with Crippen LogP contribution in [0, 0.1) is 12.7 Å². The summed E-state index contributed by atoms with van der Waals surface area (Å²) in [5, 5.41) is 2.67. The van der Waals surface area contributed by atoms with E-state index in [4.69, 9.17) is 11.6 Å². The second-order valence-electron chi connectivity index (χ2n) is 8.29. The third kappa shape index (κ3) is 5.78. The number of carbonyl (C=O) groups excluding carboxylic acids is 1.